The number of aryl methyl sites for hydroxylation is 1. The van der Waals surface area contributed by atoms with Gasteiger partial charge in [0.2, 0.25) is 0 Å². The van der Waals surface area contributed by atoms with Crippen molar-refractivity contribution in [1.82, 2.24) is 4.90 Å². The fourth-order valence-corrected chi connectivity index (χ4v) is 5.52. The highest BCUT2D eigenvalue weighted by Gasteiger charge is 2.20. The summed E-state index contributed by atoms with van der Waals surface area (Å²) in [6.45, 7) is 4.16. The van der Waals surface area contributed by atoms with Gasteiger partial charge in [-0.2, -0.15) is 0 Å². The molecule has 5 heteroatoms. The molecule has 0 amide bonds. The minimum atomic E-state index is 0.321. The molecule has 3 aromatic carbocycles. The fourth-order valence-electron chi connectivity index (χ4n) is 5.40. The highest BCUT2D eigenvalue weighted by atomic mass is 35.5. The van der Waals surface area contributed by atoms with Gasteiger partial charge in [0.05, 0.1) is 6.61 Å². The van der Waals surface area contributed by atoms with E-state index in [0.29, 0.717) is 29.7 Å². The van der Waals surface area contributed by atoms with Crippen molar-refractivity contribution < 1.29 is 14.6 Å². The summed E-state index contributed by atoms with van der Waals surface area (Å²) in [5.41, 5.74) is 5.45. The Hall–Kier alpha value is -2.66. The van der Waals surface area contributed by atoms with E-state index in [-0.39, 0.29) is 0 Å². The number of aldehydes is 1. The number of aliphatic hydroxyl groups excluding tert-OH is 1. The van der Waals surface area contributed by atoms with Crippen molar-refractivity contribution in [1.29, 1.82) is 0 Å². The average molecular weight is 548 g/mol. The van der Waals surface area contributed by atoms with Crippen molar-refractivity contribution in [3.05, 3.63) is 88.4 Å². The third-order valence-corrected chi connectivity index (χ3v) is 7.96. The second-order valence-corrected chi connectivity index (χ2v) is 11.3. The first-order valence-electron chi connectivity index (χ1n) is 14.5. The summed E-state index contributed by atoms with van der Waals surface area (Å²) in [4.78, 5) is 14.1. The van der Waals surface area contributed by atoms with Crippen LogP contribution in [0.2, 0.25) is 5.02 Å². The molecule has 1 N–H and O–H groups in total. The van der Waals surface area contributed by atoms with Crippen molar-refractivity contribution >= 4 is 17.9 Å². The summed E-state index contributed by atoms with van der Waals surface area (Å²) in [6.07, 6.45) is 11.4. The SMILES string of the molecule is O=Cc1cc(OCC2CCN(Cc3cccc(CCCCCCCCO)c3)CC2)cc(-c2ccc(Cl)cc2)c1. The van der Waals surface area contributed by atoms with Crippen LogP contribution in [0, 0.1) is 5.92 Å². The number of carbonyl (C=O) groups is 1. The van der Waals surface area contributed by atoms with Crippen LogP contribution < -0.4 is 4.74 Å². The third-order valence-electron chi connectivity index (χ3n) is 7.71. The van der Waals surface area contributed by atoms with Crippen LogP contribution in [0.15, 0.2) is 66.7 Å². The van der Waals surface area contributed by atoms with Gasteiger partial charge in [0.25, 0.3) is 0 Å². The predicted molar refractivity (Wildman–Crippen MR) is 161 cm³/mol. The zero-order chi connectivity index (χ0) is 27.3. The van der Waals surface area contributed by atoms with Crippen molar-refractivity contribution in [2.75, 3.05) is 26.3 Å². The summed E-state index contributed by atoms with van der Waals surface area (Å²) in [7, 11) is 0. The van der Waals surface area contributed by atoms with Gasteiger partial charge in [0, 0.05) is 23.7 Å². The number of rotatable bonds is 15. The van der Waals surface area contributed by atoms with Gasteiger partial charge in [0.15, 0.2) is 0 Å². The Bertz CT molecular complexity index is 1160. The first kappa shape index (κ1) is 29.3. The molecule has 1 aliphatic heterocycles. The Labute approximate surface area is 239 Å². The number of halogens is 1. The van der Waals surface area contributed by atoms with Crippen molar-refractivity contribution in [3.63, 3.8) is 0 Å². The van der Waals surface area contributed by atoms with E-state index in [2.05, 4.69) is 29.2 Å². The molecule has 1 fully saturated rings. The monoisotopic (exact) mass is 547 g/mol. The van der Waals surface area contributed by atoms with Crippen molar-refractivity contribution in [2.45, 2.75) is 64.3 Å². The first-order valence-corrected chi connectivity index (χ1v) is 14.9. The van der Waals surface area contributed by atoms with Crippen LogP contribution in [0.3, 0.4) is 0 Å². The van der Waals surface area contributed by atoms with Crippen molar-refractivity contribution in [3.8, 4) is 16.9 Å². The first-order chi connectivity index (χ1) is 19.1. The highest BCUT2D eigenvalue weighted by molar-refractivity contribution is 6.30. The number of ether oxygens (including phenoxy) is 1. The van der Waals surface area contributed by atoms with E-state index in [1.165, 1.54) is 36.8 Å². The number of benzene rings is 3. The van der Waals surface area contributed by atoms with E-state index in [0.717, 1.165) is 74.9 Å². The maximum atomic E-state index is 11.5. The van der Waals surface area contributed by atoms with E-state index >= 15 is 0 Å². The molecule has 39 heavy (non-hydrogen) atoms. The Morgan fingerprint density at radius 1 is 0.846 bits per heavy atom. The smallest absolute Gasteiger partial charge is 0.150 e. The van der Waals surface area contributed by atoms with E-state index in [9.17, 15) is 4.79 Å². The lowest BCUT2D eigenvalue weighted by Crippen LogP contribution is -2.35. The molecule has 0 atom stereocenters. The molecule has 1 saturated heterocycles. The topological polar surface area (TPSA) is 49.8 Å². The molecule has 4 rings (SSSR count). The lowest BCUT2D eigenvalue weighted by molar-refractivity contribution is 0.112. The van der Waals surface area contributed by atoms with Crippen molar-refractivity contribution in [2.24, 2.45) is 5.92 Å². The van der Waals surface area contributed by atoms with Gasteiger partial charge in [0.1, 0.15) is 12.0 Å². The van der Waals surface area contributed by atoms with Gasteiger partial charge in [-0.3, -0.25) is 9.69 Å². The number of likely N-dealkylation sites (tertiary alicyclic amines) is 1. The molecular formula is C34H42ClNO3. The third kappa shape index (κ3) is 9.79. The molecule has 1 heterocycles. The Kier molecular flexibility index (Phi) is 11.9. The van der Waals surface area contributed by atoms with Gasteiger partial charge in [-0.1, -0.05) is 73.7 Å². The average Bonchev–Trinajstić information content (AvgIpc) is 2.97. The highest BCUT2D eigenvalue weighted by Crippen LogP contribution is 2.28. The van der Waals surface area contributed by atoms with Gasteiger partial charge in [-0.25, -0.2) is 0 Å². The van der Waals surface area contributed by atoms with Gasteiger partial charge >= 0.3 is 0 Å². The van der Waals surface area contributed by atoms with Crippen LogP contribution >= 0.6 is 11.6 Å². The number of nitrogens with zero attached hydrogens (tertiary/aromatic N) is 1. The van der Waals surface area contributed by atoms with Crippen LogP contribution in [0.25, 0.3) is 11.1 Å². The lowest BCUT2D eigenvalue weighted by Gasteiger charge is -2.32. The Morgan fingerprint density at radius 2 is 1.56 bits per heavy atom. The molecule has 1 aliphatic rings. The van der Waals surface area contributed by atoms with Gasteiger partial charge < -0.3 is 9.84 Å². The minimum Gasteiger partial charge on any atom is -0.493 e. The molecule has 0 bridgehead atoms. The standard InChI is InChI=1S/C34H42ClNO3/c35-33-13-11-31(12-14-33)32-21-30(25-38)22-34(23-32)39-26-28-15-17-36(18-16-28)24-29-10-7-9-27(20-29)8-5-3-1-2-4-6-19-37/h7,9-14,20-23,25,28,37H,1-6,8,15-19,24,26H2. The summed E-state index contributed by atoms with van der Waals surface area (Å²) in [5, 5.41) is 9.58. The minimum absolute atomic E-state index is 0.321. The number of piperidine rings is 1. The maximum Gasteiger partial charge on any atom is 0.150 e. The summed E-state index contributed by atoms with van der Waals surface area (Å²) in [6, 6.07) is 22.5. The molecule has 0 aromatic heterocycles. The Morgan fingerprint density at radius 3 is 2.31 bits per heavy atom. The molecule has 0 aliphatic carbocycles. The van der Waals surface area contributed by atoms with E-state index < -0.39 is 0 Å². The van der Waals surface area contributed by atoms with E-state index in [1.54, 1.807) is 0 Å². The quantitative estimate of drug-likeness (QED) is 0.155. The zero-order valence-corrected chi connectivity index (χ0v) is 23.7. The number of hydrogen-bond acceptors (Lipinski definition) is 4. The summed E-state index contributed by atoms with van der Waals surface area (Å²) >= 11 is 6.04. The summed E-state index contributed by atoms with van der Waals surface area (Å²) < 4.78 is 6.20. The van der Waals surface area contributed by atoms with Crippen LogP contribution in [-0.4, -0.2) is 42.6 Å². The Balaban J connectivity index is 1.20. The number of hydrogen-bond donors (Lipinski definition) is 1. The molecule has 0 radical (unpaired) electrons. The molecule has 208 valence electrons. The lowest BCUT2D eigenvalue weighted by atomic mass is 9.97. The molecule has 3 aromatic rings. The number of carbonyl (C=O) groups excluding carboxylic acids is 1. The van der Waals surface area contributed by atoms with Crippen LogP contribution in [0.4, 0.5) is 0 Å². The molecule has 0 spiro atoms. The largest absolute Gasteiger partial charge is 0.493 e. The van der Waals surface area contributed by atoms with E-state index in [1.807, 2.05) is 42.5 Å². The normalized spacial score (nSPS) is 14.4. The summed E-state index contributed by atoms with van der Waals surface area (Å²) in [5.74, 6) is 1.26. The molecular weight excluding hydrogens is 506 g/mol. The molecule has 0 saturated carbocycles. The van der Waals surface area contributed by atoms with E-state index in [4.69, 9.17) is 21.4 Å². The van der Waals surface area contributed by atoms with Gasteiger partial charge in [-0.05, 0) is 104 Å². The maximum absolute atomic E-state index is 11.5. The molecule has 4 nitrogen and oxygen atoms in total. The predicted octanol–water partition coefficient (Wildman–Crippen LogP) is 7.99. The van der Waals surface area contributed by atoms with Gasteiger partial charge in [-0.15, -0.1) is 0 Å². The second kappa shape index (κ2) is 15.8. The molecule has 0 unspecified atom stereocenters. The second-order valence-electron chi connectivity index (χ2n) is 10.9. The van der Waals surface area contributed by atoms with Crippen LogP contribution in [0.1, 0.15) is 72.9 Å². The number of unbranched alkanes of at least 4 members (excludes halogenated alkanes) is 5. The fraction of sp³-hybridized carbons (Fsp3) is 0.441. The number of aliphatic hydroxyl groups is 1. The zero-order valence-electron chi connectivity index (χ0n) is 23.0. The van der Waals surface area contributed by atoms with Crippen LogP contribution in [0.5, 0.6) is 5.75 Å². The van der Waals surface area contributed by atoms with Crippen LogP contribution in [-0.2, 0) is 13.0 Å².